The number of aliphatic hydroxyl groups excluding tert-OH is 1. The molecule has 0 spiro atoms. The van der Waals surface area contributed by atoms with Crippen LogP contribution in [0.25, 0.3) is 0 Å². The molecule has 0 bridgehead atoms. The second-order valence-electron chi connectivity index (χ2n) is 5.42. The Labute approximate surface area is 131 Å². The van der Waals surface area contributed by atoms with Crippen LogP contribution in [-0.4, -0.2) is 26.8 Å². The Bertz CT molecular complexity index is 276. The van der Waals surface area contributed by atoms with Crippen LogP contribution in [0.15, 0.2) is 0 Å². The summed E-state index contributed by atoms with van der Waals surface area (Å²) in [5, 5.41) is 10.5. The van der Waals surface area contributed by atoms with Crippen LogP contribution >= 0.6 is 23.5 Å². The van der Waals surface area contributed by atoms with Crippen LogP contribution < -0.4 is 0 Å². The summed E-state index contributed by atoms with van der Waals surface area (Å²) in [6.45, 7) is 3.75. The van der Waals surface area contributed by atoms with E-state index in [1.165, 1.54) is 51.9 Å². The number of unbranched alkanes of at least 4 members (excludes halogenated alkanes) is 6. The average molecular weight is 307 g/mol. The lowest BCUT2D eigenvalue weighted by Crippen LogP contribution is -2.38. The van der Waals surface area contributed by atoms with E-state index in [0.29, 0.717) is 0 Å². The summed E-state index contributed by atoms with van der Waals surface area (Å²) >= 11 is 3.58. The molecule has 1 aliphatic heterocycles. The third-order valence-electron chi connectivity index (χ3n) is 3.80. The Hall–Kier alpha value is 0.660. The highest BCUT2D eigenvalue weighted by Gasteiger charge is 2.39. The van der Waals surface area contributed by atoms with Crippen LogP contribution in [0.3, 0.4) is 0 Å². The molecule has 0 radical (unpaired) electrons. The van der Waals surface area contributed by atoms with Gasteiger partial charge in [-0.2, -0.15) is 0 Å². The Morgan fingerprint density at radius 2 is 1.63 bits per heavy atom. The molecule has 1 N–H and O–H groups in total. The highest BCUT2D eigenvalue weighted by molar-refractivity contribution is 8.18. The summed E-state index contributed by atoms with van der Waals surface area (Å²) < 4.78 is 15.4. The minimum Gasteiger partial charge on any atom is -0.391 e. The van der Waals surface area contributed by atoms with Gasteiger partial charge in [0, 0.05) is 2.74 Å². The molecular formula is C16H32OS2. The van der Waals surface area contributed by atoms with Crippen molar-refractivity contribution in [1.82, 2.24) is 0 Å². The number of hydrogen-bond donors (Lipinski definition) is 1. The van der Waals surface area contributed by atoms with Crippen molar-refractivity contribution >= 4 is 23.5 Å². The molecule has 1 unspecified atom stereocenters. The zero-order valence-electron chi connectivity index (χ0n) is 14.6. The lowest BCUT2D eigenvalue weighted by molar-refractivity contribution is 0.151. The maximum atomic E-state index is 10.5. The fourth-order valence-corrected chi connectivity index (χ4v) is 5.99. The van der Waals surface area contributed by atoms with Gasteiger partial charge in [0.2, 0.25) is 0 Å². The van der Waals surface area contributed by atoms with E-state index < -0.39 is 12.5 Å². The molecule has 3 heteroatoms. The van der Waals surface area contributed by atoms with Gasteiger partial charge in [0.15, 0.2) is 0 Å². The van der Waals surface area contributed by atoms with Gasteiger partial charge in [-0.15, -0.1) is 23.5 Å². The van der Waals surface area contributed by atoms with Gasteiger partial charge >= 0.3 is 0 Å². The smallest absolute Gasteiger partial charge is 0.0868 e. The largest absolute Gasteiger partial charge is 0.391 e. The molecule has 1 fully saturated rings. The quantitative estimate of drug-likeness (QED) is 0.541. The first-order chi connectivity index (χ1) is 9.92. The molecule has 1 heterocycles. The van der Waals surface area contributed by atoms with Crippen LogP contribution in [0.1, 0.15) is 80.7 Å². The first-order valence-electron chi connectivity index (χ1n) is 8.88. The van der Waals surface area contributed by atoms with Gasteiger partial charge < -0.3 is 5.11 Å². The third kappa shape index (κ3) is 6.31. The second kappa shape index (κ2) is 10.4. The molecule has 1 nitrogen and oxygen atoms in total. The lowest BCUT2D eigenvalue weighted by atomic mass is 10.0. The molecule has 19 heavy (non-hydrogen) atoms. The van der Waals surface area contributed by atoms with E-state index in [1.54, 1.807) is 23.5 Å². The van der Waals surface area contributed by atoms with Crippen molar-refractivity contribution in [3.8, 4) is 0 Å². The molecule has 0 aromatic heterocycles. The zero-order chi connectivity index (χ0) is 15.8. The van der Waals surface area contributed by atoms with E-state index in [1.807, 2.05) is 0 Å². The Kier molecular flexibility index (Phi) is 7.98. The third-order valence-corrected chi connectivity index (χ3v) is 7.33. The van der Waals surface area contributed by atoms with Gasteiger partial charge in [-0.25, -0.2) is 0 Å². The summed E-state index contributed by atoms with van der Waals surface area (Å²) in [4.78, 5) is 0. The normalized spacial score (nSPS) is 22.7. The number of rotatable bonds is 10. The standard InChI is InChI=1S/C16H32OS2/c1-3-5-6-7-8-9-10-12-16(15(17)4-2)18-13-11-14-19-16/h15,17H,3-14H2,1-2H3/i4D2. The monoisotopic (exact) mass is 306 g/mol. The maximum absolute atomic E-state index is 10.5. The van der Waals surface area contributed by atoms with Crippen molar-refractivity contribution in [1.29, 1.82) is 0 Å². The van der Waals surface area contributed by atoms with E-state index in [9.17, 15) is 5.11 Å². The Morgan fingerprint density at radius 1 is 1.05 bits per heavy atom. The average Bonchev–Trinajstić information content (AvgIpc) is 2.45. The summed E-state index contributed by atoms with van der Waals surface area (Å²) in [6, 6.07) is 0. The van der Waals surface area contributed by atoms with Crippen molar-refractivity contribution in [2.45, 2.75) is 88.2 Å². The summed E-state index contributed by atoms with van der Waals surface area (Å²) in [5.41, 5.74) is 0. The topological polar surface area (TPSA) is 20.2 Å². The van der Waals surface area contributed by atoms with E-state index in [-0.39, 0.29) is 4.08 Å². The van der Waals surface area contributed by atoms with E-state index in [0.717, 1.165) is 24.3 Å². The summed E-state index contributed by atoms with van der Waals surface area (Å²) in [5.74, 6) is 2.10. The van der Waals surface area contributed by atoms with Gasteiger partial charge in [0.25, 0.3) is 0 Å². The van der Waals surface area contributed by atoms with Crippen molar-refractivity contribution in [2.24, 2.45) is 0 Å². The van der Waals surface area contributed by atoms with Crippen molar-refractivity contribution in [3.63, 3.8) is 0 Å². The number of aliphatic hydroxyl groups is 1. The van der Waals surface area contributed by atoms with Gasteiger partial charge in [-0.05, 0) is 30.7 Å². The van der Waals surface area contributed by atoms with Crippen LogP contribution in [-0.2, 0) is 0 Å². The van der Waals surface area contributed by atoms with Crippen molar-refractivity contribution < 1.29 is 7.85 Å². The number of hydrogen-bond acceptors (Lipinski definition) is 3. The van der Waals surface area contributed by atoms with Gasteiger partial charge in [-0.1, -0.05) is 58.8 Å². The molecule has 0 amide bonds. The molecule has 0 aromatic carbocycles. The van der Waals surface area contributed by atoms with Crippen LogP contribution in [0.5, 0.6) is 0 Å². The maximum Gasteiger partial charge on any atom is 0.0868 e. The highest BCUT2D eigenvalue weighted by Crippen LogP contribution is 2.49. The first kappa shape index (κ1) is 14.6. The predicted octanol–water partition coefficient (Wildman–Crippen LogP) is 5.46. The minimum atomic E-state index is -1.52. The highest BCUT2D eigenvalue weighted by atomic mass is 32.2. The van der Waals surface area contributed by atoms with Gasteiger partial charge in [0.05, 0.1) is 10.2 Å². The Balaban J connectivity index is 2.40. The SMILES string of the molecule is [2H]C([2H])(C)C(O)C1(CCCCCCCCC)SCCCS1. The van der Waals surface area contributed by atoms with Gasteiger partial charge in [0.1, 0.15) is 0 Å². The first-order valence-corrected chi connectivity index (χ1v) is 9.85. The lowest BCUT2D eigenvalue weighted by Gasteiger charge is -2.39. The molecule has 1 saturated heterocycles. The summed E-state index contributed by atoms with van der Waals surface area (Å²) in [7, 11) is 0. The van der Waals surface area contributed by atoms with Crippen LogP contribution in [0.4, 0.5) is 0 Å². The van der Waals surface area contributed by atoms with Crippen molar-refractivity contribution in [3.05, 3.63) is 0 Å². The second-order valence-corrected chi connectivity index (χ2v) is 8.53. The molecule has 114 valence electrons. The predicted molar refractivity (Wildman–Crippen MR) is 91.2 cm³/mol. The van der Waals surface area contributed by atoms with E-state index in [4.69, 9.17) is 2.74 Å². The summed E-state index contributed by atoms with van der Waals surface area (Å²) in [6.07, 6.45) is 8.60. The van der Waals surface area contributed by atoms with Gasteiger partial charge in [-0.3, -0.25) is 0 Å². The molecule has 1 aliphatic rings. The molecule has 0 aliphatic carbocycles. The molecule has 0 saturated carbocycles. The minimum absolute atomic E-state index is 0.320. The van der Waals surface area contributed by atoms with E-state index >= 15 is 0 Å². The van der Waals surface area contributed by atoms with Crippen LogP contribution in [0, 0.1) is 0 Å². The fourth-order valence-electron chi connectivity index (χ4n) is 2.58. The van der Waals surface area contributed by atoms with Crippen molar-refractivity contribution in [2.75, 3.05) is 11.5 Å². The molecular weight excluding hydrogens is 272 g/mol. The van der Waals surface area contributed by atoms with Crippen LogP contribution in [0.2, 0.25) is 0 Å². The fraction of sp³-hybridized carbons (Fsp3) is 1.00. The molecule has 1 rings (SSSR count). The Morgan fingerprint density at radius 3 is 2.21 bits per heavy atom. The molecule has 0 aromatic rings. The van der Waals surface area contributed by atoms with E-state index in [2.05, 4.69) is 6.92 Å². The molecule has 1 atom stereocenters. The number of thioether (sulfide) groups is 2. The zero-order valence-corrected chi connectivity index (χ0v) is 14.3.